The van der Waals surface area contributed by atoms with Crippen molar-refractivity contribution in [2.24, 2.45) is 0 Å². The average Bonchev–Trinajstić information content (AvgIpc) is 3.09. The van der Waals surface area contributed by atoms with Gasteiger partial charge in [-0.05, 0) is 70.2 Å². The molecule has 1 N–H and O–H groups in total. The fourth-order valence-corrected chi connectivity index (χ4v) is 3.71. The second-order valence-corrected chi connectivity index (χ2v) is 8.50. The standard InChI is InChI=1S/C22H28F2N2O5/c1-5-29-19(27)17-10-14-11-18(30-20(23)24)15(12-16(14)25-17)13-6-8-26(9-7-13)21(28)31-22(2,3)4/h10-13,20,25H,5-9H2,1-4H3. The number of carbonyl (C=O) groups excluding carboxylic acids is 2. The molecule has 170 valence electrons. The Morgan fingerprint density at radius 2 is 1.87 bits per heavy atom. The summed E-state index contributed by atoms with van der Waals surface area (Å²) >= 11 is 0. The average molecular weight is 438 g/mol. The lowest BCUT2D eigenvalue weighted by atomic mass is 9.88. The van der Waals surface area contributed by atoms with Crippen molar-refractivity contribution >= 4 is 23.0 Å². The Balaban J connectivity index is 1.83. The number of likely N-dealkylation sites (tertiary alicyclic amines) is 1. The van der Waals surface area contributed by atoms with Gasteiger partial charge in [-0.1, -0.05) is 0 Å². The molecule has 1 aliphatic rings. The number of fused-ring (bicyclic) bond motifs is 1. The molecule has 0 radical (unpaired) electrons. The van der Waals surface area contributed by atoms with Crippen molar-refractivity contribution in [2.75, 3.05) is 19.7 Å². The number of ether oxygens (including phenoxy) is 3. The molecule has 3 rings (SSSR count). The van der Waals surface area contributed by atoms with Crippen LogP contribution in [0.4, 0.5) is 13.6 Å². The Labute approximate surface area is 179 Å². The number of nitrogens with zero attached hydrogens (tertiary/aromatic N) is 1. The molecule has 2 aromatic rings. The Kier molecular flexibility index (Phi) is 6.71. The van der Waals surface area contributed by atoms with Crippen LogP contribution in [-0.2, 0) is 9.47 Å². The second-order valence-electron chi connectivity index (χ2n) is 8.50. The summed E-state index contributed by atoms with van der Waals surface area (Å²) in [4.78, 5) is 28.9. The quantitative estimate of drug-likeness (QED) is 0.660. The van der Waals surface area contributed by atoms with Gasteiger partial charge < -0.3 is 24.1 Å². The zero-order valence-electron chi connectivity index (χ0n) is 18.2. The number of aromatic amines is 1. The summed E-state index contributed by atoms with van der Waals surface area (Å²) in [5.74, 6) is -0.513. The fraction of sp³-hybridized carbons (Fsp3) is 0.545. The Morgan fingerprint density at radius 3 is 2.45 bits per heavy atom. The molecule has 1 aromatic heterocycles. The van der Waals surface area contributed by atoms with Gasteiger partial charge in [-0.2, -0.15) is 8.78 Å². The molecule has 9 heteroatoms. The predicted molar refractivity (Wildman–Crippen MR) is 111 cm³/mol. The Bertz CT molecular complexity index is 943. The van der Waals surface area contributed by atoms with Crippen LogP contribution in [0.3, 0.4) is 0 Å². The number of piperidine rings is 1. The summed E-state index contributed by atoms with van der Waals surface area (Å²) < 4.78 is 41.3. The normalized spacial score (nSPS) is 15.4. The number of halogens is 2. The van der Waals surface area contributed by atoms with Gasteiger partial charge in [0.1, 0.15) is 17.0 Å². The van der Waals surface area contributed by atoms with E-state index in [4.69, 9.17) is 14.2 Å². The molecule has 1 amide bonds. The summed E-state index contributed by atoms with van der Waals surface area (Å²) in [6.07, 6.45) is 0.778. The van der Waals surface area contributed by atoms with Crippen LogP contribution in [0.2, 0.25) is 0 Å². The number of alkyl halides is 2. The molecule has 1 aromatic carbocycles. The van der Waals surface area contributed by atoms with Gasteiger partial charge in [-0.15, -0.1) is 0 Å². The molecule has 31 heavy (non-hydrogen) atoms. The summed E-state index contributed by atoms with van der Waals surface area (Å²) in [6, 6.07) is 4.81. The molecule has 0 bridgehead atoms. The highest BCUT2D eigenvalue weighted by molar-refractivity contribution is 5.95. The summed E-state index contributed by atoms with van der Waals surface area (Å²) in [6.45, 7) is 5.29. The van der Waals surface area contributed by atoms with Gasteiger partial charge in [0.2, 0.25) is 0 Å². The topological polar surface area (TPSA) is 80.9 Å². The van der Waals surface area contributed by atoms with Crippen molar-refractivity contribution in [3.63, 3.8) is 0 Å². The molecule has 0 saturated carbocycles. The molecule has 0 atom stereocenters. The Hall–Kier alpha value is -2.84. The maximum atomic E-state index is 13.1. The summed E-state index contributed by atoms with van der Waals surface area (Å²) in [5, 5.41) is 0.577. The third-order valence-electron chi connectivity index (χ3n) is 5.05. The Morgan fingerprint density at radius 1 is 1.19 bits per heavy atom. The minimum atomic E-state index is -2.97. The van der Waals surface area contributed by atoms with E-state index < -0.39 is 18.2 Å². The van der Waals surface area contributed by atoms with E-state index in [9.17, 15) is 18.4 Å². The highest BCUT2D eigenvalue weighted by Gasteiger charge is 2.29. The zero-order valence-corrected chi connectivity index (χ0v) is 18.2. The van der Waals surface area contributed by atoms with E-state index in [-0.39, 0.29) is 30.1 Å². The summed E-state index contributed by atoms with van der Waals surface area (Å²) in [5.41, 5.74) is 0.918. The van der Waals surface area contributed by atoms with E-state index in [0.29, 0.717) is 42.4 Å². The molecule has 0 aliphatic carbocycles. The largest absolute Gasteiger partial charge is 0.461 e. The maximum absolute atomic E-state index is 13.1. The van der Waals surface area contributed by atoms with Crippen molar-refractivity contribution in [2.45, 2.75) is 58.7 Å². The number of H-pyrrole nitrogens is 1. The van der Waals surface area contributed by atoms with Gasteiger partial charge >= 0.3 is 18.7 Å². The third kappa shape index (κ3) is 5.65. The molecular weight excluding hydrogens is 410 g/mol. The predicted octanol–water partition coefficient (Wildman–Crippen LogP) is 5.06. The fourth-order valence-electron chi connectivity index (χ4n) is 3.71. The molecule has 1 fully saturated rings. The van der Waals surface area contributed by atoms with Crippen LogP contribution in [0, 0.1) is 0 Å². The highest BCUT2D eigenvalue weighted by atomic mass is 19.3. The van der Waals surface area contributed by atoms with Gasteiger partial charge in [0.25, 0.3) is 0 Å². The highest BCUT2D eigenvalue weighted by Crippen LogP contribution is 2.38. The monoisotopic (exact) mass is 438 g/mol. The van der Waals surface area contributed by atoms with Crippen molar-refractivity contribution in [3.05, 3.63) is 29.5 Å². The van der Waals surface area contributed by atoms with Crippen molar-refractivity contribution in [1.29, 1.82) is 0 Å². The van der Waals surface area contributed by atoms with E-state index >= 15 is 0 Å². The van der Waals surface area contributed by atoms with Crippen molar-refractivity contribution < 1.29 is 32.6 Å². The number of esters is 1. The number of aromatic nitrogens is 1. The first-order chi connectivity index (χ1) is 14.6. The second kappa shape index (κ2) is 9.11. The molecule has 1 saturated heterocycles. The lowest BCUT2D eigenvalue weighted by molar-refractivity contribution is -0.0506. The van der Waals surface area contributed by atoms with E-state index in [1.165, 1.54) is 6.07 Å². The lowest BCUT2D eigenvalue weighted by Crippen LogP contribution is -2.41. The van der Waals surface area contributed by atoms with Gasteiger partial charge in [0.15, 0.2) is 0 Å². The molecular formula is C22H28F2N2O5. The van der Waals surface area contributed by atoms with Gasteiger partial charge in [0.05, 0.1) is 6.61 Å². The van der Waals surface area contributed by atoms with E-state index in [1.807, 2.05) is 20.8 Å². The number of nitrogens with one attached hydrogen (secondary N) is 1. The van der Waals surface area contributed by atoms with E-state index in [0.717, 1.165) is 0 Å². The van der Waals surface area contributed by atoms with Crippen LogP contribution in [-0.4, -0.2) is 53.9 Å². The van der Waals surface area contributed by atoms with Gasteiger partial charge in [0, 0.05) is 24.0 Å². The number of hydrogen-bond donors (Lipinski definition) is 1. The minimum absolute atomic E-state index is 0.0765. The molecule has 0 spiro atoms. The maximum Gasteiger partial charge on any atom is 0.410 e. The molecule has 2 heterocycles. The van der Waals surface area contributed by atoms with Crippen molar-refractivity contribution in [3.8, 4) is 5.75 Å². The lowest BCUT2D eigenvalue weighted by Gasteiger charge is -2.34. The smallest absolute Gasteiger partial charge is 0.410 e. The minimum Gasteiger partial charge on any atom is -0.461 e. The van der Waals surface area contributed by atoms with E-state index in [1.54, 1.807) is 24.0 Å². The van der Waals surface area contributed by atoms with Crippen molar-refractivity contribution in [1.82, 2.24) is 9.88 Å². The molecule has 0 unspecified atom stereocenters. The van der Waals surface area contributed by atoms with Crippen LogP contribution in [0.5, 0.6) is 5.75 Å². The number of rotatable bonds is 5. The van der Waals surface area contributed by atoms with Gasteiger partial charge in [-0.3, -0.25) is 0 Å². The first-order valence-corrected chi connectivity index (χ1v) is 10.3. The first kappa shape index (κ1) is 22.8. The van der Waals surface area contributed by atoms with Crippen LogP contribution < -0.4 is 4.74 Å². The van der Waals surface area contributed by atoms with Crippen LogP contribution in [0.25, 0.3) is 10.9 Å². The first-order valence-electron chi connectivity index (χ1n) is 10.3. The molecule has 7 nitrogen and oxygen atoms in total. The molecule has 1 aliphatic heterocycles. The van der Waals surface area contributed by atoms with Crippen LogP contribution in [0.15, 0.2) is 18.2 Å². The van der Waals surface area contributed by atoms with E-state index in [2.05, 4.69) is 4.98 Å². The van der Waals surface area contributed by atoms with Gasteiger partial charge in [-0.25, -0.2) is 9.59 Å². The SMILES string of the molecule is CCOC(=O)c1cc2cc(OC(F)F)c(C3CCN(C(=O)OC(C)(C)C)CC3)cc2[nH]1. The third-order valence-corrected chi connectivity index (χ3v) is 5.05. The number of benzene rings is 1. The number of carbonyl (C=O) groups is 2. The number of amides is 1. The summed E-state index contributed by atoms with van der Waals surface area (Å²) in [7, 11) is 0. The van der Waals surface area contributed by atoms with Crippen LogP contribution in [0.1, 0.15) is 62.5 Å². The van der Waals surface area contributed by atoms with Crippen LogP contribution >= 0.6 is 0 Å². The zero-order chi connectivity index (χ0) is 22.8. The number of hydrogen-bond acceptors (Lipinski definition) is 5.